The number of esters is 1. The Balaban J connectivity index is 2.54. The average Bonchev–Trinajstić information content (AvgIpc) is 2.92. The van der Waals surface area contributed by atoms with E-state index in [1.165, 1.54) is 0 Å². The van der Waals surface area contributed by atoms with Gasteiger partial charge < -0.3 is 14.5 Å². The highest BCUT2D eigenvalue weighted by atomic mass is 16.6. The number of rotatable bonds is 5. The van der Waals surface area contributed by atoms with E-state index < -0.39 is 11.6 Å². The molecule has 1 N–H and O–H groups in total. The lowest BCUT2D eigenvalue weighted by atomic mass is 9.98. The van der Waals surface area contributed by atoms with Crippen LogP contribution in [0.25, 0.3) is 11.1 Å². The summed E-state index contributed by atoms with van der Waals surface area (Å²) in [5.41, 5.74) is 2.46. The molecule has 0 radical (unpaired) electrons. The maximum Gasteiger partial charge on any atom is 0.355 e. The van der Waals surface area contributed by atoms with Crippen LogP contribution >= 0.6 is 0 Å². The minimum atomic E-state index is -0.602. The SMILES string of the molecule is CCc1c(C(=O)OC(C)(C)C)[nH]c(C=O)c1-c1ccc(OC)cc1. The first-order valence-corrected chi connectivity index (χ1v) is 7.88. The van der Waals surface area contributed by atoms with Crippen LogP contribution in [0.4, 0.5) is 0 Å². The Hall–Kier alpha value is -2.56. The number of aromatic nitrogens is 1. The average molecular weight is 329 g/mol. The molecule has 5 nitrogen and oxygen atoms in total. The Morgan fingerprint density at radius 3 is 2.29 bits per heavy atom. The zero-order valence-electron chi connectivity index (χ0n) is 14.7. The van der Waals surface area contributed by atoms with Gasteiger partial charge in [0.05, 0.1) is 12.8 Å². The lowest BCUT2D eigenvalue weighted by molar-refractivity contribution is 0.00624. The van der Waals surface area contributed by atoms with Gasteiger partial charge in [0.15, 0.2) is 6.29 Å². The van der Waals surface area contributed by atoms with Crippen molar-refractivity contribution in [2.75, 3.05) is 7.11 Å². The summed E-state index contributed by atoms with van der Waals surface area (Å²) in [7, 11) is 1.60. The summed E-state index contributed by atoms with van der Waals surface area (Å²) in [6, 6.07) is 7.38. The number of benzene rings is 1. The van der Waals surface area contributed by atoms with Gasteiger partial charge >= 0.3 is 5.97 Å². The van der Waals surface area contributed by atoms with Crippen molar-refractivity contribution in [2.45, 2.75) is 39.7 Å². The molecule has 5 heteroatoms. The molecule has 0 bridgehead atoms. The van der Waals surface area contributed by atoms with Crippen LogP contribution in [0.2, 0.25) is 0 Å². The van der Waals surface area contributed by atoms with Gasteiger partial charge in [0.1, 0.15) is 17.0 Å². The lowest BCUT2D eigenvalue weighted by Gasteiger charge is -2.19. The lowest BCUT2D eigenvalue weighted by Crippen LogP contribution is -2.24. The van der Waals surface area contributed by atoms with Crippen molar-refractivity contribution < 1.29 is 19.1 Å². The molecule has 0 aliphatic carbocycles. The van der Waals surface area contributed by atoms with Gasteiger partial charge in [-0.05, 0) is 50.5 Å². The molecule has 0 amide bonds. The number of carbonyl (C=O) groups is 2. The number of nitrogens with one attached hydrogen (secondary N) is 1. The van der Waals surface area contributed by atoms with E-state index in [2.05, 4.69) is 4.98 Å². The van der Waals surface area contributed by atoms with Crippen molar-refractivity contribution in [1.82, 2.24) is 4.98 Å². The third-order valence-electron chi connectivity index (χ3n) is 3.59. The van der Waals surface area contributed by atoms with Crippen LogP contribution in [0, 0.1) is 0 Å². The summed E-state index contributed by atoms with van der Waals surface area (Å²) < 4.78 is 10.6. The monoisotopic (exact) mass is 329 g/mol. The molecule has 1 aromatic carbocycles. The van der Waals surface area contributed by atoms with Crippen molar-refractivity contribution in [3.63, 3.8) is 0 Å². The van der Waals surface area contributed by atoms with Crippen LogP contribution in [0.5, 0.6) is 5.75 Å². The van der Waals surface area contributed by atoms with Crippen molar-refractivity contribution in [3.05, 3.63) is 41.2 Å². The fourth-order valence-corrected chi connectivity index (χ4v) is 2.59. The first-order valence-electron chi connectivity index (χ1n) is 7.88. The highest BCUT2D eigenvalue weighted by molar-refractivity contribution is 5.97. The third-order valence-corrected chi connectivity index (χ3v) is 3.59. The van der Waals surface area contributed by atoms with Crippen LogP contribution < -0.4 is 4.74 Å². The number of carbonyl (C=O) groups excluding carboxylic acids is 2. The molecule has 0 saturated carbocycles. The summed E-state index contributed by atoms with van der Waals surface area (Å²) >= 11 is 0. The highest BCUT2D eigenvalue weighted by Crippen LogP contribution is 2.32. The van der Waals surface area contributed by atoms with E-state index in [9.17, 15) is 9.59 Å². The Labute approximate surface area is 142 Å². The van der Waals surface area contributed by atoms with Gasteiger partial charge in [-0.3, -0.25) is 4.79 Å². The molecule has 0 unspecified atom stereocenters. The normalized spacial score (nSPS) is 11.2. The van der Waals surface area contributed by atoms with Crippen molar-refractivity contribution in [1.29, 1.82) is 0 Å². The minimum absolute atomic E-state index is 0.334. The van der Waals surface area contributed by atoms with E-state index >= 15 is 0 Å². The van der Waals surface area contributed by atoms with E-state index in [0.29, 0.717) is 17.8 Å². The number of hydrogen-bond donors (Lipinski definition) is 1. The summed E-state index contributed by atoms with van der Waals surface area (Å²) in [6.07, 6.45) is 1.33. The molecular formula is C19H23NO4. The zero-order valence-corrected chi connectivity index (χ0v) is 14.7. The predicted molar refractivity (Wildman–Crippen MR) is 92.7 cm³/mol. The zero-order chi connectivity index (χ0) is 17.9. The fourth-order valence-electron chi connectivity index (χ4n) is 2.59. The molecule has 0 saturated heterocycles. The maximum absolute atomic E-state index is 12.5. The molecule has 0 spiro atoms. The van der Waals surface area contributed by atoms with E-state index in [0.717, 1.165) is 28.7 Å². The Morgan fingerprint density at radius 2 is 1.83 bits per heavy atom. The molecule has 0 aliphatic heterocycles. The third kappa shape index (κ3) is 3.67. The molecule has 0 atom stereocenters. The molecule has 1 aromatic heterocycles. The number of aromatic amines is 1. The summed E-state index contributed by atoms with van der Waals surface area (Å²) in [6.45, 7) is 7.37. The first-order chi connectivity index (χ1) is 11.3. The summed E-state index contributed by atoms with van der Waals surface area (Å²) in [5, 5.41) is 0. The highest BCUT2D eigenvalue weighted by Gasteiger charge is 2.26. The second-order valence-corrected chi connectivity index (χ2v) is 6.47. The van der Waals surface area contributed by atoms with E-state index in [4.69, 9.17) is 9.47 Å². The van der Waals surface area contributed by atoms with Crippen molar-refractivity contribution in [2.24, 2.45) is 0 Å². The topological polar surface area (TPSA) is 68.4 Å². The van der Waals surface area contributed by atoms with Gasteiger partial charge in [0.2, 0.25) is 0 Å². The van der Waals surface area contributed by atoms with Crippen LogP contribution in [-0.4, -0.2) is 30.0 Å². The van der Waals surface area contributed by atoms with E-state index in [1.807, 2.05) is 52.0 Å². The molecule has 128 valence electrons. The smallest absolute Gasteiger partial charge is 0.355 e. The molecule has 2 aromatic rings. The van der Waals surface area contributed by atoms with Crippen LogP contribution in [-0.2, 0) is 11.2 Å². The predicted octanol–water partition coefficient (Wildman–Crippen LogP) is 4.02. The molecule has 0 fully saturated rings. The number of ether oxygens (including phenoxy) is 2. The van der Waals surface area contributed by atoms with Gasteiger partial charge in [0, 0.05) is 5.56 Å². The number of H-pyrrole nitrogens is 1. The quantitative estimate of drug-likeness (QED) is 0.664. The maximum atomic E-state index is 12.5. The van der Waals surface area contributed by atoms with Gasteiger partial charge in [-0.2, -0.15) is 0 Å². The molecule has 0 aliphatic rings. The van der Waals surface area contributed by atoms with Gasteiger partial charge in [0.25, 0.3) is 0 Å². The Bertz CT molecular complexity index is 736. The molecule has 2 rings (SSSR count). The number of methoxy groups -OCH3 is 1. The van der Waals surface area contributed by atoms with Gasteiger partial charge in [-0.15, -0.1) is 0 Å². The summed E-state index contributed by atoms with van der Waals surface area (Å²) in [5.74, 6) is 0.273. The molecule has 24 heavy (non-hydrogen) atoms. The largest absolute Gasteiger partial charge is 0.497 e. The Morgan fingerprint density at radius 1 is 1.21 bits per heavy atom. The second-order valence-electron chi connectivity index (χ2n) is 6.47. The number of aldehydes is 1. The minimum Gasteiger partial charge on any atom is -0.497 e. The van der Waals surface area contributed by atoms with Crippen molar-refractivity contribution in [3.8, 4) is 16.9 Å². The fraction of sp³-hybridized carbons (Fsp3) is 0.368. The van der Waals surface area contributed by atoms with E-state index in [-0.39, 0.29) is 0 Å². The van der Waals surface area contributed by atoms with Gasteiger partial charge in [-0.25, -0.2) is 4.79 Å². The van der Waals surface area contributed by atoms with Crippen LogP contribution in [0.3, 0.4) is 0 Å². The molecule has 1 heterocycles. The van der Waals surface area contributed by atoms with Gasteiger partial charge in [-0.1, -0.05) is 19.1 Å². The number of hydrogen-bond acceptors (Lipinski definition) is 4. The van der Waals surface area contributed by atoms with E-state index in [1.54, 1.807) is 7.11 Å². The first kappa shape index (κ1) is 17.8. The Kier molecular flexibility index (Phi) is 5.12. The van der Waals surface area contributed by atoms with Crippen LogP contribution in [0.15, 0.2) is 24.3 Å². The second kappa shape index (κ2) is 6.91. The standard InChI is InChI=1S/C19H23NO4/c1-6-14-16(12-7-9-13(23-5)10-8-12)15(11-21)20-17(14)18(22)24-19(2,3)4/h7-11,20H,6H2,1-5H3. The summed E-state index contributed by atoms with van der Waals surface area (Å²) in [4.78, 5) is 26.9. The van der Waals surface area contributed by atoms with Crippen molar-refractivity contribution >= 4 is 12.3 Å². The molecular weight excluding hydrogens is 306 g/mol. The van der Waals surface area contributed by atoms with Crippen LogP contribution in [0.1, 0.15) is 54.2 Å².